The molecule has 10 unspecified atom stereocenters. The first-order valence-electron chi connectivity index (χ1n) is 20.9. The Morgan fingerprint density at radius 2 is 1.57 bits per heavy atom. The molecule has 5 aliphatic carbocycles. The van der Waals surface area contributed by atoms with E-state index in [1.54, 1.807) is 38.0 Å². The number of esters is 1. The second-order valence-corrected chi connectivity index (χ2v) is 19.5. The number of piperazine rings is 1. The summed E-state index contributed by atoms with van der Waals surface area (Å²) in [7, 11) is 3.17. The van der Waals surface area contributed by atoms with E-state index in [9.17, 15) is 14.7 Å². The zero-order chi connectivity index (χ0) is 38.1. The molecule has 294 valence electrons. The van der Waals surface area contributed by atoms with Crippen LogP contribution in [0.1, 0.15) is 117 Å². The van der Waals surface area contributed by atoms with Crippen molar-refractivity contribution in [1.29, 1.82) is 0 Å². The number of benzene rings is 1. The van der Waals surface area contributed by atoms with Crippen LogP contribution in [0.3, 0.4) is 0 Å². The van der Waals surface area contributed by atoms with Gasteiger partial charge in [0.2, 0.25) is 0 Å². The molecular formula is C45H68N2O6. The lowest BCUT2D eigenvalue weighted by molar-refractivity contribution is -0.207. The summed E-state index contributed by atoms with van der Waals surface area (Å²) in [4.78, 5) is 32.1. The molecule has 1 saturated heterocycles. The van der Waals surface area contributed by atoms with E-state index in [0.717, 1.165) is 58.0 Å². The summed E-state index contributed by atoms with van der Waals surface area (Å²) in [5, 5.41) is 11.1. The molecule has 6 aliphatic rings. The van der Waals surface area contributed by atoms with Crippen LogP contribution in [0.15, 0.2) is 29.8 Å². The van der Waals surface area contributed by atoms with Crippen molar-refractivity contribution in [2.24, 2.45) is 56.7 Å². The van der Waals surface area contributed by atoms with Gasteiger partial charge >= 0.3 is 5.97 Å². The van der Waals surface area contributed by atoms with Crippen molar-refractivity contribution >= 4 is 11.9 Å². The van der Waals surface area contributed by atoms with Gasteiger partial charge in [-0.05, 0) is 127 Å². The third kappa shape index (κ3) is 5.88. The molecule has 10 atom stereocenters. The zero-order valence-electron chi connectivity index (χ0n) is 34.3. The van der Waals surface area contributed by atoms with Gasteiger partial charge in [-0.1, -0.05) is 60.1 Å². The summed E-state index contributed by atoms with van der Waals surface area (Å²) >= 11 is 0. The summed E-state index contributed by atoms with van der Waals surface area (Å²) in [6.45, 7) is 21.1. The average Bonchev–Trinajstić information content (AvgIpc) is 3.14. The van der Waals surface area contributed by atoms with Gasteiger partial charge in [0.25, 0.3) is 5.91 Å². The van der Waals surface area contributed by atoms with Gasteiger partial charge < -0.3 is 24.2 Å². The number of hydrogen-bond donors (Lipinski definition) is 1. The van der Waals surface area contributed by atoms with Crippen molar-refractivity contribution in [1.82, 2.24) is 9.80 Å². The molecule has 1 aromatic carbocycles. The fraction of sp³-hybridized carbons (Fsp3) is 0.778. The first-order valence-corrected chi connectivity index (χ1v) is 20.9. The molecule has 1 N–H and O–H groups in total. The van der Waals surface area contributed by atoms with Crippen LogP contribution in [0, 0.1) is 56.7 Å². The van der Waals surface area contributed by atoms with Gasteiger partial charge in [0.1, 0.15) is 6.61 Å². The van der Waals surface area contributed by atoms with E-state index in [1.165, 1.54) is 12.8 Å². The maximum absolute atomic E-state index is 14.6. The number of hydrogen-bond acceptors (Lipinski definition) is 7. The predicted octanol–water partition coefficient (Wildman–Crippen LogP) is 8.02. The smallest absolute Gasteiger partial charge is 0.312 e. The molecule has 0 bridgehead atoms. The molecule has 7 rings (SSSR count). The van der Waals surface area contributed by atoms with E-state index in [2.05, 4.69) is 59.4 Å². The molecule has 8 nitrogen and oxygen atoms in total. The predicted molar refractivity (Wildman–Crippen MR) is 208 cm³/mol. The van der Waals surface area contributed by atoms with Gasteiger partial charge in [-0.2, -0.15) is 0 Å². The topological polar surface area (TPSA) is 88.5 Å². The highest BCUT2D eigenvalue weighted by Gasteiger charge is 2.69. The molecule has 53 heavy (non-hydrogen) atoms. The number of carbonyl (C=O) groups is 2. The van der Waals surface area contributed by atoms with Crippen LogP contribution in [0.25, 0.3) is 0 Å². The number of aliphatic hydroxyl groups excluding tert-OH is 1. The van der Waals surface area contributed by atoms with Crippen molar-refractivity contribution in [3.8, 4) is 11.5 Å². The Kier molecular flexibility index (Phi) is 10.1. The Labute approximate surface area is 319 Å². The van der Waals surface area contributed by atoms with Gasteiger partial charge in [-0.3, -0.25) is 14.5 Å². The highest BCUT2D eigenvalue weighted by Crippen LogP contribution is 2.75. The quantitative estimate of drug-likeness (QED) is 0.225. The minimum absolute atomic E-state index is 0.00663. The van der Waals surface area contributed by atoms with Crippen LogP contribution in [-0.4, -0.2) is 86.4 Å². The molecule has 5 fully saturated rings. The van der Waals surface area contributed by atoms with E-state index in [0.29, 0.717) is 67.0 Å². The molecule has 0 aromatic heterocycles. The number of nitrogens with zero attached hydrogens (tertiary/aromatic N) is 2. The molecular weight excluding hydrogens is 665 g/mol. The molecule has 1 heterocycles. The van der Waals surface area contributed by atoms with E-state index < -0.39 is 5.41 Å². The second kappa shape index (κ2) is 13.9. The highest BCUT2D eigenvalue weighted by molar-refractivity contribution is 5.95. The Morgan fingerprint density at radius 1 is 0.849 bits per heavy atom. The molecule has 1 aromatic rings. The lowest BCUT2D eigenvalue weighted by Crippen LogP contribution is -2.65. The lowest BCUT2D eigenvalue weighted by atomic mass is 9.33. The summed E-state index contributed by atoms with van der Waals surface area (Å²) in [6.07, 6.45) is 11.8. The molecule has 4 saturated carbocycles. The number of carbonyl (C=O) groups excluding carboxylic acids is 2. The second-order valence-electron chi connectivity index (χ2n) is 19.5. The summed E-state index contributed by atoms with van der Waals surface area (Å²) in [6, 6.07) is 5.31. The number of amides is 1. The number of ether oxygens (including phenoxy) is 3. The van der Waals surface area contributed by atoms with E-state index in [-0.39, 0.29) is 45.6 Å². The van der Waals surface area contributed by atoms with E-state index in [1.807, 2.05) is 4.90 Å². The fourth-order valence-electron chi connectivity index (χ4n) is 13.6. The van der Waals surface area contributed by atoms with Crippen LogP contribution in [0.4, 0.5) is 0 Å². The van der Waals surface area contributed by atoms with Gasteiger partial charge in [-0.15, -0.1) is 0 Å². The SMILES string of the molecule is COc1ccc(C(=O)N2CCN(CCOC(=O)C34CCC(C)C(C)C3C3=CCC5C6(C)CCC(O)C(C)(C)C6CCC5(C)C3(C)CC4)CC2)cc1OC. The van der Waals surface area contributed by atoms with Gasteiger partial charge in [0.05, 0.1) is 25.7 Å². The molecule has 1 aliphatic heterocycles. The zero-order valence-corrected chi connectivity index (χ0v) is 34.3. The maximum atomic E-state index is 14.6. The van der Waals surface area contributed by atoms with E-state index in [4.69, 9.17) is 14.2 Å². The van der Waals surface area contributed by atoms with Gasteiger partial charge in [-0.25, -0.2) is 0 Å². The average molecular weight is 733 g/mol. The van der Waals surface area contributed by atoms with Crippen LogP contribution in [0.5, 0.6) is 11.5 Å². The highest BCUT2D eigenvalue weighted by atomic mass is 16.5. The Hall–Kier alpha value is -2.58. The number of aliphatic hydroxyl groups is 1. The fourth-order valence-corrected chi connectivity index (χ4v) is 13.6. The molecule has 0 radical (unpaired) electrons. The monoisotopic (exact) mass is 733 g/mol. The van der Waals surface area contributed by atoms with E-state index >= 15 is 0 Å². The first-order chi connectivity index (χ1) is 25.1. The summed E-state index contributed by atoms with van der Waals surface area (Å²) < 4.78 is 17.1. The minimum Gasteiger partial charge on any atom is -0.493 e. The summed E-state index contributed by atoms with van der Waals surface area (Å²) in [5.74, 6) is 3.50. The van der Waals surface area contributed by atoms with Crippen molar-refractivity contribution in [2.45, 2.75) is 112 Å². The van der Waals surface area contributed by atoms with Crippen LogP contribution < -0.4 is 9.47 Å². The number of methoxy groups -OCH3 is 2. The maximum Gasteiger partial charge on any atom is 0.312 e. The van der Waals surface area contributed by atoms with Crippen LogP contribution in [0.2, 0.25) is 0 Å². The molecule has 1 amide bonds. The van der Waals surface area contributed by atoms with Crippen molar-refractivity contribution in [3.05, 3.63) is 35.4 Å². The van der Waals surface area contributed by atoms with Crippen molar-refractivity contribution < 1.29 is 28.9 Å². The third-order valence-corrected chi connectivity index (χ3v) is 17.3. The van der Waals surface area contributed by atoms with Crippen molar-refractivity contribution in [2.75, 3.05) is 53.6 Å². The third-order valence-electron chi connectivity index (χ3n) is 17.3. The Balaban J connectivity index is 1.03. The van der Waals surface area contributed by atoms with Gasteiger partial charge in [0, 0.05) is 38.3 Å². The number of fused-ring (bicyclic) bond motifs is 7. The first kappa shape index (κ1) is 38.7. The Bertz CT molecular complexity index is 1600. The summed E-state index contributed by atoms with van der Waals surface area (Å²) in [5.41, 5.74) is 2.08. The molecule has 0 spiro atoms. The van der Waals surface area contributed by atoms with Gasteiger partial charge in [0.15, 0.2) is 11.5 Å². The minimum atomic E-state index is -0.455. The number of allylic oxidation sites excluding steroid dienone is 2. The van der Waals surface area contributed by atoms with Crippen LogP contribution >= 0.6 is 0 Å². The van der Waals surface area contributed by atoms with Crippen LogP contribution in [-0.2, 0) is 9.53 Å². The van der Waals surface area contributed by atoms with Crippen molar-refractivity contribution in [3.63, 3.8) is 0 Å². The largest absolute Gasteiger partial charge is 0.493 e. The Morgan fingerprint density at radius 3 is 2.26 bits per heavy atom. The normalized spacial score (nSPS) is 40.8. The number of rotatable bonds is 7. The standard InChI is InChI=1S/C45H68N2O6/c1-29-14-19-45(40(50)53-27-26-46-22-24-47(25-23-46)39(49)31-10-12-33(51-8)34(28-31)52-9)21-20-43(6)32(38(45)30(29)2)11-13-36-42(5)17-16-37(48)41(3,4)35(42)15-18-44(36,43)7/h10-12,28-30,35-38,48H,13-27H2,1-9H3. The lowest BCUT2D eigenvalue weighted by Gasteiger charge is -2.71. The molecule has 8 heteroatoms.